The molecule has 0 aliphatic heterocycles. The fraction of sp³-hybridized carbons (Fsp3) is 0.167. The summed E-state index contributed by atoms with van der Waals surface area (Å²) in [6, 6.07) is 7.54. The quantitative estimate of drug-likeness (QED) is 0.581. The molecule has 0 atom stereocenters. The molecule has 124 valence electrons. The molecule has 0 unspecified atom stereocenters. The number of aryl methyl sites for hydroxylation is 2. The van der Waals surface area contributed by atoms with Crippen molar-refractivity contribution in [3.8, 4) is 24.2 Å². The van der Waals surface area contributed by atoms with Gasteiger partial charge in [-0.25, -0.2) is 14.3 Å². The number of nitrogens with zero attached hydrogens (tertiary/aromatic N) is 4. The lowest BCUT2D eigenvalue weighted by atomic mass is 10.2. The fourth-order valence-electron chi connectivity index (χ4n) is 2.48. The highest BCUT2D eigenvalue weighted by molar-refractivity contribution is 9.10. The van der Waals surface area contributed by atoms with E-state index in [-0.39, 0.29) is 17.7 Å². The molecule has 0 N–H and O–H groups in total. The third kappa shape index (κ3) is 2.90. The van der Waals surface area contributed by atoms with Crippen LogP contribution in [0, 0.1) is 24.2 Å². The van der Waals surface area contributed by atoms with Crippen LogP contribution in [0.5, 0.6) is 0 Å². The Balaban J connectivity index is 2.24. The Bertz CT molecular complexity index is 1210. The zero-order valence-corrected chi connectivity index (χ0v) is 15.2. The van der Waals surface area contributed by atoms with E-state index < -0.39 is 11.2 Å². The topological polar surface area (TPSA) is 61.8 Å². The number of hydrogen-bond acceptors (Lipinski definition) is 3. The standard InChI is InChI=1S/C18H13BrN4O2/c1-4-10-23-17(24)15-16(22(3)18(23)25)20-14(21(15)2)9-8-12-6-5-7-13(19)11-12/h1,5-7,11H,10H2,2-3H3. The largest absolute Gasteiger partial charge is 0.333 e. The zero-order chi connectivity index (χ0) is 18.1. The SMILES string of the molecule is C#CCn1c(=O)c2c(nc(C#Cc3cccc(Br)c3)n2C)n(C)c1=O. The Morgan fingerprint density at radius 2 is 1.96 bits per heavy atom. The van der Waals surface area contributed by atoms with E-state index in [1.165, 1.54) is 4.57 Å². The van der Waals surface area contributed by atoms with Crippen molar-refractivity contribution in [1.82, 2.24) is 18.7 Å². The molecule has 0 aliphatic rings. The second-order valence-electron chi connectivity index (χ2n) is 5.36. The third-order valence-electron chi connectivity index (χ3n) is 3.75. The van der Waals surface area contributed by atoms with Crippen molar-refractivity contribution in [1.29, 1.82) is 0 Å². The molecule has 0 amide bonds. The lowest BCUT2D eigenvalue weighted by Crippen LogP contribution is -2.39. The summed E-state index contributed by atoms with van der Waals surface area (Å²) in [5, 5.41) is 0. The van der Waals surface area contributed by atoms with Gasteiger partial charge in [0.2, 0.25) is 0 Å². The molecule has 0 saturated carbocycles. The van der Waals surface area contributed by atoms with E-state index in [2.05, 4.69) is 38.7 Å². The predicted octanol–water partition coefficient (Wildman–Crippen LogP) is 1.23. The Morgan fingerprint density at radius 3 is 2.64 bits per heavy atom. The Morgan fingerprint density at radius 1 is 1.20 bits per heavy atom. The first-order valence-corrected chi connectivity index (χ1v) is 8.10. The summed E-state index contributed by atoms with van der Waals surface area (Å²) in [4.78, 5) is 29.2. The minimum Gasteiger partial charge on any atom is -0.314 e. The van der Waals surface area contributed by atoms with E-state index in [1.807, 2.05) is 24.3 Å². The number of halogens is 1. The van der Waals surface area contributed by atoms with Gasteiger partial charge < -0.3 is 4.57 Å². The van der Waals surface area contributed by atoms with Crippen LogP contribution in [0.4, 0.5) is 0 Å². The van der Waals surface area contributed by atoms with Crippen LogP contribution in [-0.4, -0.2) is 18.7 Å². The summed E-state index contributed by atoms with van der Waals surface area (Å²) in [5.41, 5.74) is 0.405. The van der Waals surface area contributed by atoms with E-state index in [0.29, 0.717) is 5.82 Å². The van der Waals surface area contributed by atoms with Crippen molar-refractivity contribution in [3.63, 3.8) is 0 Å². The summed E-state index contributed by atoms with van der Waals surface area (Å²) in [7, 11) is 3.24. The highest BCUT2D eigenvalue weighted by Crippen LogP contribution is 2.11. The van der Waals surface area contributed by atoms with Crippen molar-refractivity contribution in [2.45, 2.75) is 6.54 Å². The number of aromatic nitrogens is 4. The van der Waals surface area contributed by atoms with Gasteiger partial charge in [-0.05, 0) is 24.1 Å². The van der Waals surface area contributed by atoms with Gasteiger partial charge >= 0.3 is 5.69 Å². The second-order valence-corrected chi connectivity index (χ2v) is 6.28. The number of rotatable bonds is 1. The molecule has 0 radical (unpaired) electrons. The maximum Gasteiger partial charge on any atom is 0.333 e. The Hall–Kier alpha value is -3.03. The smallest absolute Gasteiger partial charge is 0.314 e. The minimum atomic E-state index is -0.500. The van der Waals surface area contributed by atoms with Gasteiger partial charge in [0.1, 0.15) is 0 Å². The van der Waals surface area contributed by atoms with Crippen molar-refractivity contribution < 1.29 is 0 Å². The zero-order valence-electron chi connectivity index (χ0n) is 13.6. The highest BCUT2D eigenvalue weighted by Gasteiger charge is 2.17. The van der Waals surface area contributed by atoms with Gasteiger partial charge in [0.15, 0.2) is 17.0 Å². The van der Waals surface area contributed by atoms with Gasteiger partial charge in [-0.1, -0.05) is 33.8 Å². The molecule has 3 rings (SSSR count). The maximum atomic E-state index is 12.6. The highest BCUT2D eigenvalue weighted by atomic mass is 79.9. The number of terminal acetylenes is 1. The lowest BCUT2D eigenvalue weighted by Gasteiger charge is -2.05. The summed E-state index contributed by atoms with van der Waals surface area (Å²) in [6.07, 6.45) is 5.25. The van der Waals surface area contributed by atoms with Crippen LogP contribution in [-0.2, 0) is 20.6 Å². The summed E-state index contributed by atoms with van der Waals surface area (Å²) >= 11 is 3.39. The van der Waals surface area contributed by atoms with Crippen molar-refractivity contribution in [2.24, 2.45) is 14.1 Å². The minimum absolute atomic E-state index is 0.0916. The Kier molecular flexibility index (Phi) is 4.35. The molecule has 0 fully saturated rings. The first-order chi connectivity index (χ1) is 11.9. The predicted molar refractivity (Wildman–Crippen MR) is 99.2 cm³/mol. The third-order valence-corrected chi connectivity index (χ3v) is 4.25. The van der Waals surface area contributed by atoms with Gasteiger partial charge in [0, 0.05) is 24.1 Å². The van der Waals surface area contributed by atoms with E-state index in [4.69, 9.17) is 6.42 Å². The van der Waals surface area contributed by atoms with Crippen LogP contribution in [0.15, 0.2) is 38.3 Å². The molecule has 1 aromatic carbocycles. The Labute approximate surface area is 151 Å². The molecule has 3 aromatic rings. The van der Waals surface area contributed by atoms with Gasteiger partial charge in [-0.2, -0.15) is 0 Å². The molecule has 2 heterocycles. The summed E-state index contributed by atoms with van der Waals surface area (Å²) in [5.74, 6) is 8.67. The van der Waals surface area contributed by atoms with Crippen LogP contribution in [0.1, 0.15) is 11.4 Å². The first-order valence-electron chi connectivity index (χ1n) is 7.31. The average molecular weight is 397 g/mol. The molecule has 0 saturated heterocycles. The van der Waals surface area contributed by atoms with Crippen molar-refractivity contribution in [2.75, 3.05) is 0 Å². The number of imidazole rings is 1. The van der Waals surface area contributed by atoms with Gasteiger partial charge in [-0.3, -0.25) is 9.36 Å². The van der Waals surface area contributed by atoms with Gasteiger partial charge in [0.25, 0.3) is 5.56 Å². The van der Waals surface area contributed by atoms with Gasteiger partial charge in [0.05, 0.1) is 6.54 Å². The summed E-state index contributed by atoms with van der Waals surface area (Å²) < 4.78 is 4.81. The molecule has 0 aliphatic carbocycles. The monoisotopic (exact) mass is 396 g/mol. The second kappa shape index (κ2) is 6.46. The van der Waals surface area contributed by atoms with E-state index >= 15 is 0 Å². The average Bonchev–Trinajstić information content (AvgIpc) is 2.92. The van der Waals surface area contributed by atoms with Crippen molar-refractivity contribution >= 4 is 27.1 Å². The van der Waals surface area contributed by atoms with Crippen LogP contribution in [0.2, 0.25) is 0 Å². The molecule has 25 heavy (non-hydrogen) atoms. The lowest BCUT2D eigenvalue weighted by molar-refractivity contribution is 0.674. The normalized spacial score (nSPS) is 10.3. The fourth-order valence-corrected chi connectivity index (χ4v) is 2.88. The number of hydrogen-bond donors (Lipinski definition) is 0. The van der Waals surface area contributed by atoms with Crippen LogP contribution < -0.4 is 11.2 Å². The number of benzene rings is 1. The van der Waals surface area contributed by atoms with E-state index in [9.17, 15) is 9.59 Å². The van der Waals surface area contributed by atoms with E-state index in [0.717, 1.165) is 14.6 Å². The molecule has 0 spiro atoms. The molecular formula is C18H13BrN4O2. The summed E-state index contributed by atoms with van der Waals surface area (Å²) in [6.45, 7) is -0.0916. The molecule has 7 heteroatoms. The number of fused-ring (bicyclic) bond motifs is 1. The first kappa shape index (κ1) is 16.8. The molecule has 2 aromatic heterocycles. The van der Waals surface area contributed by atoms with Crippen LogP contribution in [0.3, 0.4) is 0 Å². The molecule has 6 nitrogen and oxygen atoms in total. The van der Waals surface area contributed by atoms with Crippen LogP contribution in [0.25, 0.3) is 11.2 Å². The van der Waals surface area contributed by atoms with Crippen molar-refractivity contribution in [3.05, 3.63) is 61.0 Å². The molecule has 0 bridgehead atoms. The molecular weight excluding hydrogens is 384 g/mol. The van der Waals surface area contributed by atoms with Crippen LogP contribution >= 0.6 is 15.9 Å². The van der Waals surface area contributed by atoms with Gasteiger partial charge in [-0.15, -0.1) is 6.42 Å². The maximum absolute atomic E-state index is 12.6. The van der Waals surface area contributed by atoms with E-state index in [1.54, 1.807) is 18.7 Å².